The molecule has 0 fully saturated rings. The monoisotopic (exact) mass is 421 g/mol. The van der Waals surface area contributed by atoms with Crippen LogP contribution in [0.25, 0.3) is 11.0 Å². The van der Waals surface area contributed by atoms with Crippen molar-refractivity contribution in [2.24, 2.45) is 0 Å². The molecule has 5 rings (SSSR count). The fraction of sp³-hybridized carbons (Fsp3) is 0.174. The number of ether oxygens (including phenoxy) is 3. The fourth-order valence-corrected chi connectivity index (χ4v) is 4.25. The lowest BCUT2D eigenvalue weighted by atomic mass is 10.1. The Morgan fingerprint density at radius 3 is 2.70 bits per heavy atom. The molecule has 3 heterocycles. The molecular formula is C23H19NO5S. The molecule has 0 N–H and O–H groups in total. The number of hydrogen-bond acceptors (Lipinski definition) is 7. The maximum absolute atomic E-state index is 13.0. The number of methoxy groups -OCH3 is 1. The first-order valence-corrected chi connectivity index (χ1v) is 10.4. The standard InChI is InChI=1S/C23H19NO5S/c1-26-15-4-6-16(7-5-15)29-21-13-27-23-18(22(21)25)8-9-20-19(23)12-24(14-28-20)11-17-3-2-10-30-17/h2-10,13H,11-12,14H2,1H3. The Morgan fingerprint density at radius 2 is 1.93 bits per heavy atom. The van der Waals surface area contributed by atoms with Crippen molar-refractivity contribution in [3.05, 3.63) is 80.8 Å². The van der Waals surface area contributed by atoms with Gasteiger partial charge in [0.05, 0.1) is 18.1 Å². The Balaban J connectivity index is 1.45. The predicted octanol–water partition coefficient (Wildman–Crippen LogP) is 5.01. The lowest BCUT2D eigenvalue weighted by Gasteiger charge is -2.28. The number of hydrogen-bond donors (Lipinski definition) is 0. The van der Waals surface area contributed by atoms with E-state index in [0.29, 0.717) is 35.7 Å². The Kier molecular flexibility index (Phi) is 4.90. The number of nitrogens with zero attached hydrogens (tertiary/aromatic N) is 1. The van der Waals surface area contributed by atoms with Crippen LogP contribution in [0.3, 0.4) is 0 Å². The van der Waals surface area contributed by atoms with Gasteiger partial charge in [-0.25, -0.2) is 0 Å². The van der Waals surface area contributed by atoms with E-state index in [-0.39, 0.29) is 11.2 Å². The molecule has 4 aromatic rings. The van der Waals surface area contributed by atoms with Gasteiger partial charge in [0.25, 0.3) is 0 Å². The average Bonchev–Trinajstić information content (AvgIpc) is 3.29. The molecule has 1 aliphatic rings. The Bertz CT molecular complexity index is 1230. The molecule has 0 unspecified atom stereocenters. The Morgan fingerprint density at radius 1 is 1.10 bits per heavy atom. The minimum absolute atomic E-state index is 0.139. The van der Waals surface area contributed by atoms with Crippen LogP contribution >= 0.6 is 11.3 Å². The molecule has 1 aliphatic heterocycles. The van der Waals surface area contributed by atoms with Crippen LogP contribution < -0.4 is 19.6 Å². The van der Waals surface area contributed by atoms with Crippen LogP contribution in [-0.4, -0.2) is 18.7 Å². The fourth-order valence-electron chi connectivity index (χ4n) is 3.50. The van der Waals surface area contributed by atoms with Crippen molar-refractivity contribution >= 4 is 22.3 Å². The van der Waals surface area contributed by atoms with Gasteiger partial charge in [-0.1, -0.05) is 6.07 Å². The van der Waals surface area contributed by atoms with Crippen LogP contribution in [0.4, 0.5) is 0 Å². The van der Waals surface area contributed by atoms with E-state index in [1.807, 2.05) is 12.1 Å². The highest BCUT2D eigenvalue weighted by atomic mass is 32.1. The van der Waals surface area contributed by atoms with Gasteiger partial charge in [-0.15, -0.1) is 11.3 Å². The second kappa shape index (κ2) is 7.85. The highest BCUT2D eigenvalue weighted by Crippen LogP contribution is 2.33. The largest absolute Gasteiger partial charge is 0.497 e. The highest BCUT2D eigenvalue weighted by molar-refractivity contribution is 7.09. The first kappa shape index (κ1) is 18.7. The molecule has 0 radical (unpaired) electrons. The summed E-state index contributed by atoms with van der Waals surface area (Å²) in [5.74, 6) is 2.13. The first-order valence-electron chi connectivity index (χ1n) is 9.48. The van der Waals surface area contributed by atoms with Gasteiger partial charge in [0.15, 0.2) is 0 Å². The third kappa shape index (κ3) is 3.53. The SMILES string of the molecule is COc1ccc(Oc2coc3c4c(ccc3c2=O)OCN(Cc2cccs2)C4)cc1. The summed E-state index contributed by atoms with van der Waals surface area (Å²) in [6, 6.07) is 14.7. The van der Waals surface area contributed by atoms with Gasteiger partial charge < -0.3 is 18.6 Å². The summed E-state index contributed by atoms with van der Waals surface area (Å²) in [6.45, 7) is 1.93. The number of fused-ring (bicyclic) bond motifs is 3. The molecule has 2 aromatic carbocycles. The maximum Gasteiger partial charge on any atom is 0.235 e. The third-order valence-corrected chi connectivity index (χ3v) is 5.86. The summed E-state index contributed by atoms with van der Waals surface area (Å²) < 4.78 is 22.7. The highest BCUT2D eigenvalue weighted by Gasteiger charge is 2.23. The summed E-state index contributed by atoms with van der Waals surface area (Å²) >= 11 is 1.71. The van der Waals surface area contributed by atoms with E-state index in [9.17, 15) is 4.79 Å². The molecule has 6 nitrogen and oxygen atoms in total. The van der Waals surface area contributed by atoms with E-state index >= 15 is 0 Å². The van der Waals surface area contributed by atoms with Gasteiger partial charge in [-0.05, 0) is 47.8 Å². The zero-order chi connectivity index (χ0) is 20.5. The van der Waals surface area contributed by atoms with Gasteiger partial charge in [0.1, 0.15) is 35.8 Å². The van der Waals surface area contributed by atoms with Crippen LogP contribution in [0.1, 0.15) is 10.4 Å². The lowest BCUT2D eigenvalue weighted by molar-refractivity contribution is 0.0899. The van der Waals surface area contributed by atoms with Gasteiger partial charge in [-0.3, -0.25) is 9.69 Å². The zero-order valence-electron chi connectivity index (χ0n) is 16.3. The smallest absolute Gasteiger partial charge is 0.235 e. The summed E-state index contributed by atoms with van der Waals surface area (Å²) in [6.07, 6.45) is 1.37. The molecule has 0 saturated carbocycles. The third-order valence-electron chi connectivity index (χ3n) is 5.00. The van der Waals surface area contributed by atoms with Crippen molar-refractivity contribution in [2.75, 3.05) is 13.8 Å². The summed E-state index contributed by atoms with van der Waals surface area (Å²) in [7, 11) is 1.60. The van der Waals surface area contributed by atoms with E-state index in [2.05, 4.69) is 16.3 Å². The number of thiophene rings is 1. The van der Waals surface area contributed by atoms with Crippen molar-refractivity contribution in [1.29, 1.82) is 0 Å². The van der Waals surface area contributed by atoms with Crippen LogP contribution in [0, 0.1) is 0 Å². The molecule has 0 saturated heterocycles. The van der Waals surface area contributed by atoms with Crippen LogP contribution in [-0.2, 0) is 13.1 Å². The van der Waals surface area contributed by atoms with Crippen LogP contribution in [0.15, 0.2) is 69.4 Å². The molecule has 0 amide bonds. The topological polar surface area (TPSA) is 61.1 Å². The predicted molar refractivity (Wildman–Crippen MR) is 115 cm³/mol. The Labute approximate surface area is 176 Å². The van der Waals surface area contributed by atoms with Crippen LogP contribution in [0.2, 0.25) is 0 Å². The number of rotatable bonds is 5. The minimum Gasteiger partial charge on any atom is -0.497 e. The molecule has 30 heavy (non-hydrogen) atoms. The van der Waals surface area contributed by atoms with Crippen LogP contribution in [0.5, 0.6) is 23.0 Å². The van der Waals surface area contributed by atoms with E-state index < -0.39 is 0 Å². The molecule has 152 valence electrons. The molecule has 7 heteroatoms. The van der Waals surface area contributed by atoms with Gasteiger partial charge in [0, 0.05) is 18.0 Å². The normalized spacial score (nSPS) is 13.6. The van der Waals surface area contributed by atoms with E-state index in [1.54, 1.807) is 48.8 Å². The van der Waals surface area contributed by atoms with E-state index in [1.165, 1.54) is 11.1 Å². The molecule has 0 aliphatic carbocycles. The average molecular weight is 421 g/mol. The van der Waals surface area contributed by atoms with Crippen molar-refractivity contribution < 1.29 is 18.6 Å². The number of benzene rings is 2. The van der Waals surface area contributed by atoms with E-state index in [4.69, 9.17) is 18.6 Å². The summed E-state index contributed by atoms with van der Waals surface area (Å²) in [4.78, 5) is 16.5. The molecule has 0 bridgehead atoms. The Hall–Kier alpha value is -3.29. The van der Waals surface area contributed by atoms with E-state index in [0.717, 1.165) is 17.9 Å². The van der Waals surface area contributed by atoms with Crippen molar-refractivity contribution in [1.82, 2.24) is 4.90 Å². The van der Waals surface area contributed by atoms with Gasteiger partial charge in [0.2, 0.25) is 11.2 Å². The molecule has 0 spiro atoms. The van der Waals surface area contributed by atoms with Gasteiger partial charge in [-0.2, -0.15) is 0 Å². The zero-order valence-corrected chi connectivity index (χ0v) is 17.1. The lowest BCUT2D eigenvalue weighted by Crippen LogP contribution is -2.31. The summed E-state index contributed by atoms with van der Waals surface area (Å²) in [5.41, 5.74) is 1.20. The molecular weight excluding hydrogens is 402 g/mol. The second-order valence-electron chi connectivity index (χ2n) is 6.97. The first-order chi connectivity index (χ1) is 14.7. The molecule has 0 atom stereocenters. The molecule has 2 aromatic heterocycles. The van der Waals surface area contributed by atoms with Gasteiger partial charge >= 0.3 is 0 Å². The van der Waals surface area contributed by atoms with Crippen molar-refractivity contribution in [2.45, 2.75) is 13.1 Å². The second-order valence-corrected chi connectivity index (χ2v) is 8.00. The minimum atomic E-state index is -0.217. The quantitative estimate of drug-likeness (QED) is 0.452. The maximum atomic E-state index is 13.0. The van der Waals surface area contributed by atoms with Crippen molar-refractivity contribution in [3.8, 4) is 23.0 Å². The van der Waals surface area contributed by atoms with Crippen molar-refractivity contribution in [3.63, 3.8) is 0 Å². The summed E-state index contributed by atoms with van der Waals surface area (Å²) in [5, 5.41) is 2.54.